The predicted octanol–water partition coefficient (Wildman–Crippen LogP) is -1.70. The van der Waals surface area contributed by atoms with Gasteiger partial charge in [-0.1, -0.05) is 0 Å². The summed E-state index contributed by atoms with van der Waals surface area (Å²) in [5.41, 5.74) is 0. The Kier molecular flexibility index (Phi) is 5.52. The second kappa shape index (κ2) is 5.94. The van der Waals surface area contributed by atoms with Gasteiger partial charge in [-0.25, -0.2) is 8.42 Å². The van der Waals surface area contributed by atoms with E-state index >= 15 is 0 Å². The number of carboxylic acids is 1. The number of sulfonamides is 1. The maximum Gasteiger partial charge on any atom is 0.325 e. The summed E-state index contributed by atoms with van der Waals surface area (Å²) in [7, 11) is -3.21. The molecule has 0 aliphatic heterocycles. The molecule has 1 unspecified atom stereocenters. The number of esters is 1. The topological polar surface area (TPSA) is 130 Å². The molecule has 3 atom stereocenters. The van der Waals surface area contributed by atoms with Gasteiger partial charge in [-0.05, 0) is 13.8 Å². The molecule has 0 bridgehead atoms. The summed E-state index contributed by atoms with van der Waals surface area (Å²) in [5.74, 6) is -2.56. The van der Waals surface area contributed by atoms with Gasteiger partial charge in [-0.3, -0.25) is 9.59 Å². The number of hydrogen-bond acceptors (Lipinski definition) is 6. The first kappa shape index (κ1) is 15.8. The fraction of sp³-hybridized carbons (Fsp3) is 0.750. The molecule has 0 aromatic heterocycles. The zero-order chi connectivity index (χ0) is 13.8. The Morgan fingerprint density at radius 3 is 2.06 bits per heavy atom. The average molecular weight is 269 g/mol. The lowest BCUT2D eigenvalue weighted by atomic mass is 10.2. The number of aliphatic hydroxyl groups is 1. The molecule has 0 saturated carbocycles. The molecule has 0 heterocycles. The Labute approximate surface area is 98.6 Å². The second-order valence-electron chi connectivity index (χ2n) is 3.38. The Balaban J connectivity index is 4.97. The summed E-state index contributed by atoms with van der Waals surface area (Å²) in [6.45, 7) is 2.17. The second-order valence-corrected chi connectivity index (χ2v) is 5.42. The molecular weight excluding hydrogens is 254 g/mol. The molecule has 8 nitrogen and oxygen atoms in total. The number of ether oxygens (including phenoxy) is 1. The van der Waals surface area contributed by atoms with Crippen LogP contribution in [-0.2, 0) is 24.3 Å². The summed E-state index contributed by atoms with van der Waals surface area (Å²) in [5, 5.41) is 16.2. The van der Waals surface area contributed by atoms with E-state index in [4.69, 9.17) is 10.2 Å². The van der Waals surface area contributed by atoms with E-state index in [1.54, 1.807) is 4.72 Å². The molecule has 100 valence electrons. The third kappa shape index (κ3) is 4.29. The van der Waals surface area contributed by atoms with Gasteiger partial charge in [0.15, 0.2) is 5.25 Å². The number of carboxylic acid groups (broad SMARTS) is 1. The summed E-state index contributed by atoms with van der Waals surface area (Å²) < 4.78 is 29.1. The Morgan fingerprint density at radius 2 is 1.76 bits per heavy atom. The number of aliphatic carboxylic acids is 1. The molecular formula is C8H15NO7S. The predicted molar refractivity (Wildman–Crippen MR) is 56.6 cm³/mol. The molecule has 0 aromatic rings. The van der Waals surface area contributed by atoms with Crippen LogP contribution >= 0.6 is 0 Å². The molecule has 17 heavy (non-hydrogen) atoms. The molecule has 0 aromatic carbocycles. The van der Waals surface area contributed by atoms with E-state index in [-0.39, 0.29) is 0 Å². The van der Waals surface area contributed by atoms with E-state index in [9.17, 15) is 18.0 Å². The van der Waals surface area contributed by atoms with Gasteiger partial charge in [0.2, 0.25) is 10.0 Å². The largest absolute Gasteiger partial charge is 0.480 e. The van der Waals surface area contributed by atoms with Crippen molar-refractivity contribution in [3.05, 3.63) is 0 Å². The SMILES string of the molecule is COC(=O)C(C)S(=O)(=O)N[C@H](C(=O)O)[C@@H](C)O. The maximum atomic E-state index is 11.6. The van der Waals surface area contributed by atoms with Crippen LogP contribution in [0.4, 0.5) is 0 Å². The first-order valence-corrected chi connectivity index (χ1v) is 6.18. The van der Waals surface area contributed by atoms with Crippen molar-refractivity contribution in [2.75, 3.05) is 7.11 Å². The molecule has 0 aliphatic rings. The van der Waals surface area contributed by atoms with Crippen molar-refractivity contribution < 1.29 is 33.0 Å². The highest BCUT2D eigenvalue weighted by atomic mass is 32.2. The highest BCUT2D eigenvalue weighted by Gasteiger charge is 2.35. The molecule has 0 aliphatic carbocycles. The lowest BCUT2D eigenvalue weighted by molar-refractivity contribution is -0.142. The number of carbonyl (C=O) groups excluding carboxylic acids is 1. The Morgan fingerprint density at radius 1 is 1.29 bits per heavy atom. The maximum absolute atomic E-state index is 11.6. The smallest absolute Gasteiger partial charge is 0.325 e. The van der Waals surface area contributed by atoms with E-state index in [1.165, 1.54) is 0 Å². The van der Waals surface area contributed by atoms with Gasteiger partial charge in [0, 0.05) is 0 Å². The molecule has 0 amide bonds. The van der Waals surface area contributed by atoms with E-state index < -0.39 is 39.4 Å². The minimum absolute atomic E-state index is 1.01. The third-order valence-electron chi connectivity index (χ3n) is 2.04. The van der Waals surface area contributed by atoms with Crippen LogP contribution in [0.25, 0.3) is 0 Å². The number of carbonyl (C=O) groups is 2. The molecule has 0 saturated heterocycles. The lowest BCUT2D eigenvalue weighted by Gasteiger charge is -2.19. The van der Waals surface area contributed by atoms with Gasteiger partial charge in [-0.15, -0.1) is 0 Å². The van der Waals surface area contributed by atoms with Crippen LogP contribution < -0.4 is 4.72 Å². The quantitative estimate of drug-likeness (QED) is 0.490. The Hall–Kier alpha value is -1.19. The van der Waals surface area contributed by atoms with Crippen LogP contribution in [0.2, 0.25) is 0 Å². The average Bonchev–Trinajstić information content (AvgIpc) is 2.22. The monoisotopic (exact) mass is 269 g/mol. The van der Waals surface area contributed by atoms with Crippen LogP contribution in [0.3, 0.4) is 0 Å². The van der Waals surface area contributed by atoms with E-state index in [2.05, 4.69) is 4.74 Å². The number of rotatable bonds is 6. The van der Waals surface area contributed by atoms with Gasteiger partial charge in [-0.2, -0.15) is 4.72 Å². The minimum Gasteiger partial charge on any atom is -0.480 e. The minimum atomic E-state index is -4.23. The molecule has 0 radical (unpaired) electrons. The zero-order valence-electron chi connectivity index (χ0n) is 9.58. The van der Waals surface area contributed by atoms with Crippen molar-refractivity contribution in [3.63, 3.8) is 0 Å². The van der Waals surface area contributed by atoms with Gasteiger partial charge >= 0.3 is 11.9 Å². The van der Waals surface area contributed by atoms with Gasteiger partial charge in [0.25, 0.3) is 0 Å². The first-order valence-electron chi connectivity index (χ1n) is 4.63. The first-order chi connectivity index (χ1) is 7.63. The standard InChI is InChI=1S/C8H15NO7S/c1-4(10)6(7(11)12)9-17(14,15)5(2)8(13)16-3/h4-6,9-10H,1-3H3,(H,11,12)/t4-,5?,6+/m1/s1. The summed E-state index contributed by atoms with van der Waals surface area (Å²) in [6, 6.07) is -1.72. The van der Waals surface area contributed by atoms with Crippen LogP contribution in [0.1, 0.15) is 13.8 Å². The van der Waals surface area contributed by atoms with Crippen LogP contribution in [-0.4, -0.2) is 55.1 Å². The summed E-state index contributed by atoms with van der Waals surface area (Å²) in [4.78, 5) is 21.7. The fourth-order valence-corrected chi connectivity index (χ4v) is 2.13. The Bertz CT molecular complexity index is 389. The van der Waals surface area contributed by atoms with Crippen molar-refractivity contribution in [1.82, 2.24) is 4.72 Å². The molecule has 0 rings (SSSR count). The van der Waals surface area contributed by atoms with Gasteiger partial charge in [0.05, 0.1) is 13.2 Å². The lowest BCUT2D eigenvalue weighted by Crippen LogP contribution is -2.51. The van der Waals surface area contributed by atoms with Crippen molar-refractivity contribution in [1.29, 1.82) is 0 Å². The number of hydrogen-bond donors (Lipinski definition) is 3. The van der Waals surface area contributed by atoms with Gasteiger partial charge in [0.1, 0.15) is 6.04 Å². The number of aliphatic hydroxyl groups excluding tert-OH is 1. The highest BCUT2D eigenvalue weighted by Crippen LogP contribution is 2.04. The van der Waals surface area contributed by atoms with E-state index in [1.807, 2.05) is 0 Å². The molecule has 3 N–H and O–H groups in total. The van der Waals surface area contributed by atoms with E-state index in [0.717, 1.165) is 21.0 Å². The van der Waals surface area contributed by atoms with Crippen molar-refractivity contribution >= 4 is 22.0 Å². The molecule has 9 heteroatoms. The van der Waals surface area contributed by atoms with Crippen LogP contribution in [0, 0.1) is 0 Å². The summed E-state index contributed by atoms with van der Waals surface area (Å²) >= 11 is 0. The fourth-order valence-electron chi connectivity index (χ4n) is 0.927. The van der Waals surface area contributed by atoms with E-state index in [0.29, 0.717) is 0 Å². The van der Waals surface area contributed by atoms with Crippen molar-refractivity contribution in [3.8, 4) is 0 Å². The summed E-state index contributed by atoms with van der Waals surface area (Å²) in [6.07, 6.45) is -1.44. The molecule has 0 fully saturated rings. The van der Waals surface area contributed by atoms with Crippen molar-refractivity contribution in [2.24, 2.45) is 0 Å². The van der Waals surface area contributed by atoms with Crippen molar-refractivity contribution in [2.45, 2.75) is 31.2 Å². The van der Waals surface area contributed by atoms with Crippen LogP contribution in [0.15, 0.2) is 0 Å². The third-order valence-corrected chi connectivity index (χ3v) is 3.74. The normalized spacial score (nSPS) is 16.9. The van der Waals surface area contributed by atoms with Gasteiger partial charge < -0.3 is 14.9 Å². The number of methoxy groups -OCH3 is 1. The van der Waals surface area contributed by atoms with Crippen LogP contribution in [0.5, 0.6) is 0 Å². The highest BCUT2D eigenvalue weighted by molar-refractivity contribution is 7.90. The molecule has 0 spiro atoms. The zero-order valence-corrected chi connectivity index (χ0v) is 10.4. The number of nitrogens with one attached hydrogen (secondary N) is 1.